The van der Waals surface area contributed by atoms with Crippen LogP contribution in [0.2, 0.25) is 0 Å². The van der Waals surface area contributed by atoms with Crippen LogP contribution < -0.4 is 10.9 Å². The van der Waals surface area contributed by atoms with E-state index in [1.54, 1.807) is 43.4 Å². The summed E-state index contributed by atoms with van der Waals surface area (Å²) in [4.78, 5) is 42.6. The lowest BCUT2D eigenvalue weighted by molar-refractivity contribution is -0.116. The number of benzene rings is 2. The maximum Gasteiger partial charge on any atom is 0.263 e. The summed E-state index contributed by atoms with van der Waals surface area (Å²) in [5, 5.41) is 5.56. The maximum absolute atomic E-state index is 13.3. The molecule has 1 N–H and O–H groups in total. The van der Waals surface area contributed by atoms with Crippen LogP contribution in [-0.2, 0) is 11.8 Å². The molecule has 4 rings (SSSR count). The Morgan fingerprint density at radius 2 is 1.82 bits per heavy atom. The van der Waals surface area contributed by atoms with Crippen molar-refractivity contribution in [2.45, 2.75) is 24.9 Å². The number of nitrogens with one attached hydrogen (secondary N) is 1. The van der Waals surface area contributed by atoms with Crippen LogP contribution in [0, 0.1) is 5.82 Å². The molecule has 174 valence electrons. The lowest BCUT2D eigenvalue weighted by Gasteiger charge is -2.08. The molecular formula is C25H22FN3O3S2. The Kier molecular flexibility index (Phi) is 7.23. The highest BCUT2D eigenvalue weighted by Gasteiger charge is 2.17. The summed E-state index contributed by atoms with van der Waals surface area (Å²) in [6.07, 6.45) is 1.21. The molecule has 0 bridgehead atoms. The van der Waals surface area contributed by atoms with Gasteiger partial charge in [-0.1, -0.05) is 30.8 Å². The number of thiophene rings is 1. The highest BCUT2D eigenvalue weighted by atomic mass is 32.2. The van der Waals surface area contributed by atoms with Gasteiger partial charge in [-0.3, -0.25) is 19.0 Å². The summed E-state index contributed by atoms with van der Waals surface area (Å²) in [7, 11) is 1.63. The molecule has 0 saturated carbocycles. The number of fused-ring (bicyclic) bond motifs is 1. The average Bonchev–Trinajstić information content (AvgIpc) is 3.25. The van der Waals surface area contributed by atoms with Gasteiger partial charge < -0.3 is 5.32 Å². The molecule has 0 atom stereocenters. The van der Waals surface area contributed by atoms with E-state index < -0.39 is 0 Å². The van der Waals surface area contributed by atoms with Crippen molar-refractivity contribution in [3.8, 4) is 11.1 Å². The van der Waals surface area contributed by atoms with Gasteiger partial charge in [-0.25, -0.2) is 9.37 Å². The zero-order valence-electron chi connectivity index (χ0n) is 18.6. The molecule has 4 aromatic rings. The van der Waals surface area contributed by atoms with E-state index in [0.29, 0.717) is 38.6 Å². The molecule has 2 heterocycles. The molecular weight excluding hydrogens is 473 g/mol. The second-order valence-electron chi connectivity index (χ2n) is 7.68. The largest absolute Gasteiger partial charge is 0.326 e. The average molecular weight is 496 g/mol. The smallest absolute Gasteiger partial charge is 0.263 e. The highest BCUT2D eigenvalue weighted by Crippen LogP contribution is 2.32. The molecule has 34 heavy (non-hydrogen) atoms. The molecule has 0 aliphatic rings. The standard InChI is InChI=1S/C25H22FN3O3S2/c1-3-4-21(31)27-18-11-7-16(8-12-18)20(30)14-34-25-28-23-22(24(32)29(25)2)19(13-33-23)15-5-9-17(26)10-6-15/h5-13H,3-4,14H2,1-2H3,(H,27,31). The molecule has 1 amide bonds. The van der Waals surface area contributed by atoms with Crippen LogP contribution >= 0.6 is 23.1 Å². The van der Waals surface area contributed by atoms with E-state index in [4.69, 9.17) is 0 Å². The van der Waals surface area contributed by atoms with Crippen molar-refractivity contribution in [3.05, 3.63) is 75.6 Å². The van der Waals surface area contributed by atoms with Gasteiger partial charge in [0.15, 0.2) is 10.9 Å². The van der Waals surface area contributed by atoms with Gasteiger partial charge in [0.2, 0.25) is 5.91 Å². The third-order valence-corrected chi connectivity index (χ3v) is 7.13. The second kappa shape index (κ2) is 10.3. The van der Waals surface area contributed by atoms with E-state index in [-0.39, 0.29) is 28.8 Å². The maximum atomic E-state index is 13.3. The zero-order chi connectivity index (χ0) is 24.2. The minimum absolute atomic E-state index is 0.0596. The summed E-state index contributed by atoms with van der Waals surface area (Å²) in [5.74, 6) is -0.392. The van der Waals surface area contributed by atoms with E-state index in [0.717, 1.165) is 12.0 Å². The number of carbonyl (C=O) groups excluding carboxylic acids is 2. The van der Waals surface area contributed by atoms with Crippen LogP contribution in [0.25, 0.3) is 21.3 Å². The molecule has 0 fully saturated rings. The fourth-order valence-corrected chi connectivity index (χ4v) is 5.28. The number of rotatable bonds is 8. The van der Waals surface area contributed by atoms with Gasteiger partial charge in [0.1, 0.15) is 10.6 Å². The van der Waals surface area contributed by atoms with Gasteiger partial charge in [-0.15, -0.1) is 11.3 Å². The van der Waals surface area contributed by atoms with Crippen molar-refractivity contribution in [3.63, 3.8) is 0 Å². The first-order valence-electron chi connectivity index (χ1n) is 10.7. The number of thioether (sulfide) groups is 1. The number of amides is 1. The molecule has 2 aromatic heterocycles. The van der Waals surface area contributed by atoms with Gasteiger partial charge in [0, 0.05) is 35.7 Å². The third-order valence-electron chi connectivity index (χ3n) is 5.23. The van der Waals surface area contributed by atoms with E-state index in [1.807, 2.05) is 12.3 Å². The van der Waals surface area contributed by atoms with Crippen LogP contribution in [0.15, 0.2) is 63.9 Å². The summed E-state index contributed by atoms with van der Waals surface area (Å²) >= 11 is 2.54. The first-order valence-corrected chi connectivity index (χ1v) is 12.5. The van der Waals surface area contributed by atoms with Crippen molar-refractivity contribution in [1.82, 2.24) is 9.55 Å². The van der Waals surface area contributed by atoms with E-state index >= 15 is 0 Å². The topological polar surface area (TPSA) is 81.1 Å². The molecule has 6 nitrogen and oxygen atoms in total. The summed E-state index contributed by atoms with van der Waals surface area (Å²) in [6.45, 7) is 1.93. The van der Waals surface area contributed by atoms with E-state index in [9.17, 15) is 18.8 Å². The van der Waals surface area contributed by atoms with Crippen LogP contribution in [0.1, 0.15) is 30.1 Å². The third kappa shape index (κ3) is 5.10. The number of Topliss-reactive ketones (excluding diaryl/α,β-unsaturated/α-hetero) is 1. The fourth-order valence-electron chi connectivity index (χ4n) is 3.43. The van der Waals surface area contributed by atoms with Crippen molar-refractivity contribution in [1.29, 1.82) is 0 Å². The van der Waals surface area contributed by atoms with Gasteiger partial charge in [-0.05, 0) is 48.4 Å². The molecule has 2 aromatic carbocycles. The van der Waals surface area contributed by atoms with Gasteiger partial charge in [0.05, 0.1) is 11.1 Å². The summed E-state index contributed by atoms with van der Waals surface area (Å²) < 4.78 is 14.7. The Labute approximate surface area is 203 Å². The molecule has 0 saturated heterocycles. The van der Waals surface area contributed by atoms with E-state index in [2.05, 4.69) is 10.3 Å². The molecule has 0 radical (unpaired) electrons. The summed E-state index contributed by atoms with van der Waals surface area (Å²) in [6, 6.07) is 12.7. The molecule has 9 heteroatoms. The number of halogens is 1. The highest BCUT2D eigenvalue weighted by molar-refractivity contribution is 7.99. The predicted molar refractivity (Wildman–Crippen MR) is 135 cm³/mol. The minimum Gasteiger partial charge on any atom is -0.326 e. The normalized spacial score (nSPS) is 11.0. The first-order chi connectivity index (χ1) is 16.4. The molecule has 0 spiro atoms. The Balaban J connectivity index is 1.50. The fraction of sp³-hybridized carbons (Fsp3) is 0.200. The number of hydrogen-bond acceptors (Lipinski definition) is 6. The number of ketones is 1. The Morgan fingerprint density at radius 1 is 1.12 bits per heavy atom. The van der Waals surface area contributed by atoms with Crippen molar-refractivity contribution in [2.24, 2.45) is 7.05 Å². The number of aromatic nitrogens is 2. The Hall–Kier alpha value is -3.30. The number of nitrogens with zero attached hydrogens (tertiary/aromatic N) is 2. The number of carbonyl (C=O) groups is 2. The van der Waals surface area contributed by atoms with E-state index in [1.165, 1.54) is 39.8 Å². The quantitative estimate of drug-likeness (QED) is 0.198. The predicted octanol–water partition coefficient (Wildman–Crippen LogP) is 5.51. The molecule has 0 aliphatic heterocycles. The summed E-state index contributed by atoms with van der Waals surface area (Å²) in [5.41, 5.74) is 2.41. The number of anilines is 1. The second-order valence-corrected chi connectivity index (χ2v) is 9.48. The van der Waals surface area contributed by atoms with Crippen LogP contribution in [0.3, 0.4) is 0 Å². The first kappa shape index (κ1) is 23.8. The van der Waals surface area contributed by atoms with Gasteiger partial charge >= 0.3 is 0 Å². The number of hydrogen-bond donors (Lipinski definition) is 1. The Bertz CT molecular complexity index is 1410. The van der Waals surface area contributed by atoms with Gasteiger partial charge in [-0.2, -0.15) is 0 Å². The molecule has 0 aliphatic carbocycles. The van der Waals surface area contributed by atoms with Crippen LogP contribution in [0.4, 0.5) is 10.1 Å². The monoisotopic (exact) mass is 495 g/mol. The molecule has 0 unspecified atom stereocenters. The lowest BCUT2D eigenvalue weighted by Crippen LogP contribution is -2.20. The van der Waals surface area contributed by atoms with Crippen LogP contribution in [0.5, 0.6) is 0 Å². The van der Waals surface area contributed by atoms with Crippen molar-refractivity contribution in [2.75, 3.05) is 11.1 Å². The Morgan fingerprint density at radius 3 is 2.50 bits per heavy atom. The lowest BCUT2D eigenvalue weighted by atomic mass is 10.1. The van der Waals surface area contributed by atoms with Crippen LogP contribution in [-0.4, -0.2) is 27.0 Å². The van der Waals surface area contributed by atoms with Crippen molar-refractivity contribution >= 4 is 50.7 Å². The zero-order valence-corrected chi connectivity index (χ0v) is 20.3. The van der Waals surface area contributed by atoms with Crippen molar-refractivity contribution < 1.29 is 14.0 Å². The van der Waals surface area contributed by atoms with Gasteiger partial charge in [0.25, 0.3) is 5.56 Å². The minimum atomic E-state index is -0.339. The SMILES string of the molecule is CCCC(=O)Nc1ccc(C(=O)CSc2nc3scc(-c4ccc(F)cc4)c3c(=O)n2C)cc1.